The highest BCUT2D eigenvalue weighted by atomic mass is 79.9. The molecular formula is C27H24BrNO6S. The van der Waals surface area contributed by atoms with Crippen molar-refractivity contribution in [3.8, 4) is 23.0 Å². The van der Waals surface area contributed by atoms with Crippen LogP contribution in [0, 0.1) is 0 Å². The molecule has 4 rings (SSSR count). The van der Waals surface area contributed by atoms with Crippen molar-refractivity contribution in [3.63, 3.8) is 0 Å². The molecular weight excluding hydrogens is 546 g/mol. The average molecular weight is 570 g/mol. The summed E-state index contributed by atoms with van der Waals surface area (Å²) in [6, 6.07) is 20.4. The van der Waals surface area contributed by atoms with Crippen LogP contribution < -0.4 is 18.9 Å². The van der Waals surface area contributed by atoms with Gasteiger partial charge in [-0.1, -0.05) is 52.3 Å². The molecule has 186 valence electrons. The molecule has 0 atom stereocenters. The average Bonchev–Trinajstić information content (AvgIpc) is 3.16. The van der Waals surface area contributed by atoms with Gasteiger partial charge in [-0.15, -0.1) is 0 Å². The molecule has 2 amide bonds. The third kappa shape index (κ3) is 6.03. The lowest BCUT2D eigenvalue weighted by Crippen LogP contribution is -2.32. The smallest absolute Gasteiger partial charge is 0.293 e. The zero-order valence-corrected chi connectivity index (χ0v) is 22.1. The van der Waals surface area contributed by atoms with Crippen LogP contribution in [0.15, 0.2) is 76.1 Å². The van der Waals surface area contributed by atoms with E-state index < -0.39 is 0 Å². The molecule has 9 heteroatoms. The van der Waals surface area contributed by atoms with E-state index in [1.54, 1.807) is 38.5 Å². The molecule has 0 unspecified atom stereocenters. The van der Waals surface area contributed by atoms with Gasteiger partial charge in [0.05, 0.1) is 25.7 Å². The molecule has 0 aliphatic carbocycles. The third-order valence-corrected chi connectivity index (χ3v) is 6.76. The highest BCUT2D eigenvalue weighted by Crippen LogP contribution is 2.38. The van der Waals surface area contributed by atoms with E-state index in [1.165, 1.54) is 4.90 Å². The van der Waals surface area contributed by atoms with E-state index >= 15 is 0 Å². The Morgan fingerprint density at radius 3 is 2.28 bits per heavy atom. The molecule has 0 saturated carbocycles. The van der Waals surface area contributed by atoms with E-state index in [1.807, 2.05) is 48.5 Å². The van der Waals surface area contributed by atoms with Crippen LogP contribution in [-0.2, 0) is 11.4 Å². The lowest BCUT2D eigenvalue weighted by Gasteiger charge is -2.15. The second-order valence-corrected chi connectivity index (χ2v) is 9.54. The first-order chi connectivity index (χ1) is 17.5. The molecule has 3 aromatic rings. The third-order valence-electron chi connectivity index (χ3n) is 5.33. The minimum absolute atomic E-state index is 0.116. The summed E-state index contributed by atoms with van der Waals surface area (Å²) in [6.07, 6.45) is 1.66. The number of ether oxygens (including phenoxy) is 4. The summed E-state index contributed by atoms with van der Waals surface area (Å²) in [4.78, 5) is 27.1. The second-order valence-electron chi connectivity index (χ2n) is 7.63. The first-order valence-corrected chi connectivity index (χ1v) is 12.7. The second kappa shape index (κ2) is 12.0. The Morgan fingerprint density at radius 2 is 1.56 bits per heavy atom. The van der Waals surface area contributed by atoms with Crippen LogP contribution in [0.1, 0.15) is 11.1 Å². The number of rotatable bonds is 10. The minimum atomic E-state index is -0.379. The van der Waals surface area contributed by atoms with Crippen LogP contribution in [0.5, 0.6) is 23.0 Å². The number of hydrogen-bond donors (Lipinski definition) is 0. The largest absolute Gasteiger partial charge is 0.493 e. The highest BCUT2D eigenvalue weighted by Gasteiger charge is 2.35. The fourth-order valence-electron chi connectivity index (χ4n) is 3.52. The van der Waals surface area contributed by atoms with E-state index in [-0.39, 0.29) is 24.3 Å². The van der Waals surface area contributed by atoms with Gasteiger partial charge < -0.3 is 18.9 Å². The van der Waals surface area contributed by atoms with Crippen molar-refractivity contribution in [3.05, 3.63) is 87.2 Å². The summed E-state index contributed by atoms with van der Waals surface area (Å²) >= 11 is 4.31. The number of methoxy groups -OCH3 is 2. The Hall–Kier alpha value is -3.43. The predicted octanol–water partition coefficient (Wildman–Crippen LogP) is 6.16. The maximum absolute atomic E-state index is 13.0. The van der Waals surface area contributed by atoms with E-state index in [4.69, 9.17) is 18.9 Å². The van der Waals surface area contributed by atoms with E-state index in [0.717, 1.165) is 21.8 Å². The van der Waals surface area contributed by atoms with Gasteiger partial charge in [-0.05, 0) is 53.7 Å². The van der Waals surface area contributed by atoms with Crippen LogP contribution in [0.25, 0.3) is 6.08 Å². The van der Waals surface area contributed by atoms with Crippen molar-refractivity contribution in [2.45, 2.75) is 6.61 Å². The number of para-hydroxylation sites is 3. The number of amides is 2. The van der Waals surface area contributed by atoms with E-state index in [2.05, 4.69) is 15.9 Å². The monoisotopic (exact) mass is 569 g/mol. The lowest BCUT2D eigenvalue weighted by atomic mass is 10.1. The van der Waals surface area contributed by atoms with Crippen molar-refractivity contribution in [2.24, 2.45) is 0 Å². The van der Waals surface area contributed by atoms with Gasteiger partial charge >= 0.3 is 0 Å². The number of benzene rings is 3. The van der Waals surface area contributed by atoms with Crippen LogP contribution in [-0.4, -0.2) is 43.4 Å². The van der Waals surface area contributed by atoms with Crippen molar-refractivity contribution < 1.29 is 28.5 Å². The highest BCUT2D eigenvalue weighted by molar-refractivity contribution is 9.10. The molecule has 1 aliphatic heterocycles. The molecule has 1 heterocycles. The molecule has 1 saturated heterocycles. The van der Waals surface area contributed by atoms with Gasteiger partial charge in [-0.2, -0.15) is 0 Å². The standard InChI is InChI=1S/C27H24BrNO6S/c1-32-21-7-3-4-8-22(21)34-15-14-29-26(30)24(36-27(29)31)16-19-6-5-9-23(33-2)25(19)35-17-18-10-12-20(28)13-11-18/h3-13,16H,14-15,17H2,1-2H3/b24-16-. The van der Waals surface area contributed by atoms with Gasteiger partial charge in [0, 0.05) is 10.0 Å². The number of nitrogens with zero attached hydrogens (tertiary/aromatic N) is 1. The maximum atomic E-state index is 13.0. The van der Waals surface area contributed by atoms with Gasteiger partial charge in [0.15, 0.2) is 23.0 Å². The Balaban J connectivity index is 1.47. The van der Waals surface area contributed by atoms with Gasteiger partial charge in [-0.3, -0.25) is 14.5 Å². The molecule has 0 radical (unpaired) electrons. The fraction of sp³-hybridized carbons (Fsp3) is 0.185. The zero-order chi connectivity index (χ0) is 25.5. The summed E-state index contributed by atoms with van der Waals surface area (Å²) < 4.78 is 23.5. The van der Waals surface area contributed by atoms with Gasteiger partial charge in [-0.25, -0.2) is 0 Å². The maximum Gasteiger partial charge on any atom is 0.293 e. The van der Waals surface area contributed by atoms with Gasteiger partial charge in [0.25, 0.3) is 11.1 Å². The molecule has 1 fully saturated rings. The Bertz CT molecular complexity index is 1280. The quantitative estimate of drug-likeness (QED) is 0.270. The summed E-state index contributed by atoms with van der Waals surface area (Å²) in [5, 5.41) is -0.352. The van der Waals surface area contributed by atoms with Crippen molar-refractivity contribution in [1.29, 1.82) is 0 Å². The number of imide groups is 1. The Morgan fingerprint density at radius 1 is 0.861 bits per heavy atom. The molecule has 0 spiro atoms. The van der Waals surface area contributed by atoms with Crippen molar-refractivity contribution in [1.82, 2.24) is 4.90 Å². The number of carbonyl (C=O) groups excluding carboxylic acids is 2. The Kier molecular flexibility index (Phi) is 8.56. The van der Waals surface area contributed by atoms with Gasteiger partial charge in [0.1, 0.15) is 13.2 Å². The zero-order valence-electron chi connectivity index (χ0n) is 19.7. The van der Waals surface area contributed by atoms with E-state index in [0.29, 0.717) is 40.1 Å². The molecule has 36 heavy (non-hydrogen) atoms. The van der Waals surface area contributed by atoms with Crippen LogP contribution >= 0.6 is 27.7 Å². The SMILES string of the molecule is COc1ccccc1OCCN1C(=O)S/C(=C\c2cccc(OC)c2OCc2ccc(Br)cc2)C1=O. The lowest BCUT2D eigenvalue weighted by molar-refractivity contribution is -0.123. The number of hydrogen-bond acceptors (Lipinski definition) is 7. The molecule has 0 bridgehead atoms. The Labute approximate surface area is 222 Å². The molecule has 0 aromatic heterocycles. The van der Waals surface area contributed by atoms with E-state index in [9.17, 15) is 9.59 Å². The molecule has 0 N–H and O–H groups in total. The summed E-state index contributed by atoms with van der Waals surface area (Å²) in [5.74, 6) is 1.78. The summed E-state index contributed by atoms with van der Waals surface area (Å²) in [6.45, 7) is 0.577. The number of carbonyl (C=O) groups is 2. The van der Waals surface area contributed by atoms with Crippen molar-refractivity contribution >= 4 is 44.9 Å². The van der Waals surface area contributed by atoms with Crippen LogP contribution in [0.4, 0.5) is 4.79 Å². The summed E-state index contributed by atoms with van der Waals surface area (Å²) in [7, 11) is 3.11. The number of thioether (sulfide) groups is 1. The van der Waals surface area contributed by atoms with Crippen LogP contribution in [0.3, 0.4) is 0 Å². The molecule has 7 nitrogen and oxygen atoms in total. The van der Waals surface area contributed by atoms with Crippen LogP contribution in [0.2, 0.25) is 0 Å². The normalized spacial score (nSPS) is 14.3. The predicted molar refractivity (Wildman–Crippen MR) is 143 cm³/mol. The van der Waals surface area contributed by atoms with Gasteiger partial charge in [0.2, 0.25) is 0 Å². The molecule has 3 aromatic carbocycles. The summed E-state index contributed by atoms with van der Waals surface area (Å²) in [5.41, 5.74) is 1.62. The fourth-order valence-corrected chi connectivity index (χ4v) is 4.64. The first-order valence-electron chi connectivity index (χ1n) is 11.1. The first kappa shape index (κ1) is 25.7. The topological polar surface area (TPSA) is 74.3 Å². The number of halogens is 1. The minimum Gasteiger partial charge on any atom is -0.493 e. The van der Waals surface area contributed by atoms with Crippen molar-refractivity contribution in [2.75, 3.05) is 27.4 Å². The molecule has 1 aliphatic rings.